The van der Waals surface area contributed by atoms with E-state index in [1.54, 1.807) is 23.9 Å². The maximum Gasteiger partial charge on any atom is 0.242 e. The Bertz CT molecular complexity index is 1190. The number of para-hydroxylation sites is 2. The van der Waals surface area contributed by atoms with Crippen LogP contribution in [0.5, 0.6) is 11.5 Å². The van der Waals surface area contributed by atoms with Crippen LogP contribution in [0.4, 0.5) is 5.69 Å². The number of carbonyl (C=O) groups excluding carboxylic acids is 2. The van der Waals surface area contributed by atoms with Gasteiger partial charge in [0.2, 0.25) is 18.6 Å². The van der Waals surface area contributed by atoms with Gasteiger partial charge < -0.3 is 24.3 Å². The van der Waals surface area contributed by atoms with Gasteiger partial charge in [-0.2, -0.15) is 11.8 Å². The smallest absolute Gasteiger partial charge is 0.242 e. The molecular formula is C24H26N4O4S. The standard InChI is InChI=1S/C24H26N4O4S/c1-33-14-22-26-18-4-2-3-5-19(18)28(22)13-23(29)27-10-8-16(9-11-27)24(30)25-17-6-7-20-21(12-17)32-15-31-20/h2-7,12,16H,8-11,13-15H2,1H3,(H,25,30). The zero-order valence-corrected chi connectivity index (χ0v) is 19.3. The fourth-order valence-electron chi connectivity index (χ4n) is 4.39. The zero-order chi connectivity index (χ0) is 22.8. The van der Waals surface area contributed by atoms with Gasteiger partial charge in [0.05, 0.1) is 16.8 Å². The highest BCUT2D eigenvalue weighted by molar-refractivity contribution is 7.97. The van der Waals surface area contributed by atoms with Crippen LogP contribution in [-0.4, -0.2) is 52.4 Å². The van der Waals surface area contributed by atoms with Crippen LogP contribution in [0.1, 0.15) is 18.7 Å². The van der Waals surface area contributed by atoms with Gasteiger partial charge in [0, 0.05) is 30.8 Å². The lowest BCUT2D eigenvalue weighted by atomic mass is 9.95. The van der Waals surface area contributed by atoms with Gasteiger partial charge in [0.1, 0.15) is 12.4 Å². The number of carbonyl (C=O) groups is 2. The second-order valence-electron chi connectivity index (χ2n) is 8.25. The third-order valence-corrected chi connectivity index (χ3v) is 6.71. The lowest BCUT2D eigenvalue weighted by Crippen LogP contribution is -2.42. The van der Waals surface area contributed by atoms with E-state index in [0.717, 1.165) is 22.6 Å². The third kappa shape index (κ3) is 4.50. The lowest BCUT2D eigenvalue weighted by molar-refractivity contribution is -0.135. The molecule has 1 saturated heterocycles. The number of hydrogen-bond donors (Lipinski definition) is 1. The van der Waals surface area contributed by atoms with Gasteiger partial charge in [-0.25, -0.2) is 4.98 Å². The number of benzene rings is 2. The molecular weight excluding hydrogens is 440 g/mol. The van der Waals surface area contributed by atoms with Crippen LogP contribution in [0.2, 0.25) is 0 Å². The van der Waals surface area contributed by atoms with Crippen LogP contribution in [-0.2, 0) is 21.9 Å². The summed E-state index contributed by atoms with van der Waals surface area (Å²) in [6, 6.07) is 13.3. The molecule has 2 amide bonds. The van der Waals surface area contributed by atoms with E-state index in [-0.39, 0.29) is 31.1 Å². The van der Waals surface area contributed by atoms with Gasteiger partial charge in [-0.15, -0.1) is 0 Å². The molecule has 0 atom stereocenters. The minimum atomic E-state index is -0.124. The van der Waals surface area contributed by atoms with Gasteiger partial charge in [0.15, 0.2) is 11.5 Å². The normalized spacial score (nSPS) is 15.7. The summed E-state index contributed by atoms with van der Waals surface area (Å²) in [5, 5.41) is 2.97. The van der Waals surface area contributed by atoms with E-state index in [1.165, 1.54) is 0 Å². The first-order chi connectivity index (χ1) is 16.1. The number of likely N-dealkylation sites (tertiary alicyclic amines) is 1. The number of hydrogen-bond acceptors (Lipinski definition) is 6. The molecule has 1 fully saturated rings. The van der Waals surface area contributed by atoms with Gasteiger partial charge >= 0.3 is 0 Å². The molecule has 3 heterocycles. The molecule has 0 saturated carbocycles. The number of nitrogens with one attached hydrogen (secondary N) is 1. The number of imidazole rings is 1. The number of nitrogens with zero attached hydrogens (tertiary/aromatic N) is 3. The monoisotopic (exact) mass is 466 g/mol. The second kappa shape index (κ2) is 9.35. The molecule has 0 radical (unpaired) electrons. The summed E-state index contributed by atoms with van der Waals surface area (Å²) in [5.41, 5.74) is 2.58. The van der Waals surface area contributed by atoms with Crippen molar-refractivity contribution in [1.82, 2.24) is 14.5 Å². The Hall–Kier alpha value is -3.20. The van der Waals surface area contributed by atoms with Gasteiger partial charge in [-0.05, 0) is 43.4 Å². The second-order valence-corrected chi connectivity index (χ2v) is 9.11. The molecule has 1 aromatic heterocycles. The van der Waals surface area contributed by atoms with Crippen molar-refractivity contribution in [2.24, 2.45) is 5.92 Å². The van der Waals surface area contributed by atoms with Crippen molar-refractivity contribution in [3.8, 4) is 11.5 Å². The molecule has 0 aliphatic carbocycles. The fourth-order valence-corrected chi connectivity index (χ4v) is 4.86. The lowest BCUT2D eigenvalue weighted by Gasteiger charge is -2.31. The number of ether oxygens (including phenoxy) is 2. The number of rotatable bonds is 6. The van der Waals surface area contributed by atoms with E-state index in [0.29, 0.717) is 43.1 Å². The van der Waals surface area contributed by atoms with E-state index in [1.807, 2.05) is 46.1 Å². The first-order valence-corrected chi connectivity index (χ1v) is 12.4. The highest BCUT2D eigenvalue weighted by Crippen LogP contribution is 2.34. The number of amides is 2. The molecule has 2 aromatic carbocycles. The average molecular weight is 467 g/mol. The Balaban J connectivity index is 1.19. The Labute approximate surface area is 196 Å². The predicted molar refractivity (Wildman–Crippen MR) is 127 cm³/mol. The van der Waals surface area contributed by atoms with Crippen LogP contribution in [0.25, 0.3) is 11.0 Å². The van der Waals surface area contributed by atoms with Crippen molar-refractivity contribution in [1.29, 1.82) is 0 Å². The molecule has 0 unspecified atom stereocenters. The van der Waals surface area contributed by atoms with Crippen molar-refractivity contribution in [2.75, 3.05) is 31.5 Å². The van der Waals surface area contributed by atoms with Gasteiger partial charge in [-0.1, -0.05) is 12.1 Å². The molecule has 9 heteroatoms. The Morgan fingerprint density at radius 3 is 2.73 bits per heavy atom. The topological polar surface area (TPSA) is 85.7 Å². The third-order valence-electron chi connectivity index (χ3n) is 6.16. The summed E-state index contributed by atoms with van der Waals surface area (Å²) in [5.74, 6) is 2.91. The van der Waals surface area contributed by atoms with Crippen LogP contribution in [0.15, 0.2) is 42.5 Å². The van der Waals surface area contributed by atoms with Crippen LogP contribution < -0.4 is 14.8 Å². The molecule has 1 N–H and O–H groups in total. The number of piperidine rings is 1. The summed E-state index contributed by atoms with van der Waals surface area (Å²) < 4.78 is 12.7. The summed E-state index contributed by atoms with van der Waals surface area (Å²) >= 11 is 1.69. The first kappa shape index (κ1) is 21.6. The average Bonchev–Trinajstić information content (AvgIpc) is 3.44. The van der Waals surface area contributed by atoms with Crippen molar-refractivity contribution < 1.29 is 19.1 Å². The minimum Gasteiger partial charge on any atom is -0.454 e. The number of anilines is 1. The molecule has 2 aliphatic heterocycles. The Kier molecular flexibility index (Phi) is 6.13. The molecule has 8 nitrogen and oxygen atoms in total. The predicted octanol–water partition coefficient (Wildman–Crippen LogP) is 3.51. The van der Waals surface area contributed by atoms with Gasteiger partial charge in [0.25, 0.3) is 0 Å². The molecule has 0 spiro atoms. The largest absolute Gasteiger partial charge is 0.454 e. The molecule has 3 aromatic rings. The van der Waals surface area contributed by atoms with E-state index in [4.69, 9.17) is 14.5 Å². The summed E-state index contributed by atoms with van der Waals surface area (Å²) in [6.45, 7) is 1.61. The van der Waals surface area contributed by atoms with Crippen molar-refractivity contribution >= 4 is 40.3 Å². The SMILES string of the molecule is CSCc1nc2ccccc2n1CC(=O)N1CCC(C(=O)Nc2ccc3c(c2)OCO3)CC1. The van der Waals surface area contributed by atoms with Crippen molar-refractivity contribution in [2.45, 2.75) is 25.1 Å². The zero-order valence-electron chi connectivity index (χ0n) is 18.5. The van der Waals surface area contributed by atoms with Crippen molar-refractivity contribution in [3.05, 3.63) is 48.3 Å². The molecule has 0 bridgehead atoms. The summed E-state index contributed by atoms with van der Waals surface area (Å²) in [6.07, 6.45) is 3.32. The first-order valence-electron chi connectivity index (χ1n) is 11.0. The fraction of sp³-hybridized carbons (Fsp3) is 0.375. The molecule has 5 rings (SSSR count). The summed E-state index contributed by atoms with van der Waals surface area (Å²) in [7, 11) is 0. The maximum atomic E-state index is 13.1. The van der Waals surface area contributed by atoms with Crippen molar-refractivity contribution in [3.63, 3.8) is 0 Å². The van der Waals surface area contributed by atoms with E-state index in [2.05, 4.69) is 5.32 Å². The maximum absolute atomic E-state index is 13.1. The number of aromatic nitrogens is 2. The molecule has 172 valence electrons. The Morgan fingerprint density at radius 1 is 1.12 bits per heavy atom. The van der Waals surface area contributed by atoms with Gasteiger partial charge in [-0.3, -0.25) is 9.59 Å². The van der Waals surface area contributed by atoms with E-state index < -0.39 is 0 Å². The van der Waals surface area contributed by atoms with E-state index >= 15 is 0 Å². The van der Waals surface area contributed by atoms with Crippen LogP contribution in [0.3, 0.4) is 0 Å². The summed E-state index contributed by atoms with van der Waals surface area (Å²) in [4.78, 5) is 32.4. The number of thioether (sulfide) groups is 1. The Morgan fingerprint density at radius 2 is 1.91 bits per heavy atom. The van der Waals surface area contributed by atoms with Crippen LogP contribution in [0, 0.1) is 5.92 Å². The van der Waals surface area contributed by atoms with E-state index in [9.17, 15) is 9.59 Å². The minimum absolute atomic E-state index is 0.0242. The van der Waals surface area contributed by atoms with Crippen LogP contribution >= 0.6 is 11.8 Å². The highest BCUT2D eigenvalue weighted by atomic mass is 32.2. The molecule has 2 aliphatic rings. The molecule has 33 heavy (non-hydrogen) atoms. The number of fused-ring (bicyclic) bond motifs is 2. The highest BCUT2D eigenvalue weighted by Gasteiger charge is 2.28. The quantitative estimate of drug-likeness (QED) is 0.599.